The van der Waals surface area contributed by atoms with Gasteiger partial charge in [-0.25, -0.2) is 0 Å². The lowest BCUT2D eigenvalue weighted by molar-refractivity contribution is -0.116. The Morgan fingerprint density at radius 3 is 2.52 bits per heavy atom. The van der Waals surface area contributed by atoms with Crippen molar-refractivity contribution in [2.75, 3.05) is 37.5 Å². The zero-order valence-electron chi connectivity index (χ0n) is 17.2. The van der Waals surface area contributed by atoms with Gasteiger partial charge in [-0.15, -0.1) is 15.3 Å². The predicted molar refractivity (Wildman–Crippen MR) is 111 cm³/mol. The number of anilines is 2. The lowest BCUT2D eigenvalue weighted by atomic mass is 10.2. The van der Waals surface area contributed by atoms with E-state index in [-0.39, 0.29) is 12.3 Å². The van der Waals surface area contributed by atoms with Crippen molar-refractivity contribution in [3.8, 4) is 11.5 Å². The molecule has 0 saturated carbocycles. The molecule has 0 aliphatic carbocycles. The van der Waals surface area contributed by atoms with Crippen molar-refractivity contribution >= 4 is 23.1 Å². The monoisotopic (exact) mass is 398 g/mol. The van der Waals surface area contributed by atoms with Gasteiger partial charge in [-0.3, -0.25) is 4.79 Å². The zero-order valence-corrected chi connectivity index (χ0v) is 17.2. The molecule has 0 bridgehead atoms. The minimum atomic E-state index is -0.131. The van der Waals surface area contributed by atoms with E-state index in [4.69, 9.17) is 9.47 Å². The number of benzene rings is 1. The van der Waals surface area contributed by atoms with Crippen LogP contribution in [-0.2, 0) is 11.2 Å². The first-order valence-corrected chi connectivity index (χ1v) is 9.57. The molecule has 1 amide bonds. The van der Waals surface area contributed by atoms with Crippen LogP contribution >= 0.6 is 0 Å². The van der Waals surface area contributed by atoms with Crippen LogP contribution in [0.25, 0.3) is 5.65 Å². The van der Waals surface area contributed by atoms with Crippen molar-refractivity contribution in [2.24, 2.45) is 0 Å². The maximum atomic E-state index is 12.4. The van der Waals surface area contributed by atoms with Gasteiger partial charge in [-0.05, 0) is 38.1 Å². The smallest absolute Gasteiger partial charge is 0.224 e. The van der Waals surface area contributed by atoms with Gasteiger partial charge in [0.25, 0.3) is 0 Å². The third-order valence-corrected chi connectivity index (χ3v) is 4.64. The van der Waals surface area contributed by atoms with E-state index in [9.17, 15) is 4.79 Å². The molecule has 3 aromatic rings. The molecule has 1 aromatic carbocycles. The van der Waals surface area contributed by atoms with Gasteiger partial charge in [0.05, 0.1) is 14.2 Å². The highest BCUT2D eigenvalue weighted by Crippen LogP contribution is 2.29. The number of fused-ring (bicyclic) bond motifs is 1. The molecule has 0 atom stereocenters. The number of carbonyl (C=O) groups excluding carboxylic acids is 1. The van der Waals surface area contributed by atoms with Crippen LogP contribution < -0.4 is 19.7 Å². The Balaban J connectivity index is 1.68. The summed E-state index contributed by atoms with van der Waals surface area (Å²) in [5, 5.41) is 15.8. The summed E-state index contributed by atoms with van der Waals surface area (Å²) in [6.45, 7) is 5.89. The molecule has 2 aromatic heterocycles. The molecule has 1 N–H and O–H groups in total. The number of aromatic nitrogens is 4. The van der Waals surface area contributed by atoms with Gasteiger partial charge >= 0.3 is 0 Å². The van der Waals surface area contributed by atoms with Crippen molar-refractivity contribution in [1.82, 2.24) is 19.8 Å². The molecular weight excluding hydrogens is 372 g/mol. The van der Waals surface area contributed by atoms with Gasteiger partial charge in [0, 0.05) is 37.7 Å². The summed E-state index contributed by atoms with van der Waals surface area (Å²) in [5.41, 5.74) is 1.30. The number of nitrogens with one attached hydrogen (secondary N) is 1. The first kappa shape index (κ1) is 20.4. The molecular formula is C20H26N6O3. The second kappa shape index (κ2) is 9.22. The van der Waals surface area contributed by atoms with Gasteiger partial charge < -0.3 is 19.7 Å². The number of aryl methyl sites for hydroxylation is 1. The molecule has 0 radical (unpaired) electrons. The third-order valence-electron chi connectivity index (χ3n) is 4.64. The quantitative estimate of drug-likeness (QED) is 0.592. The average Bonchev–Trinajstić information content (AvgIpc) is 3.15. The van der Waals surface area contributed by atoms with Crippen LogP contribution in [0.15, 0.2) is 30.3 Å². The molecule has 0 spiro atoms. The number of amides is 1. The largest absolute Gasteiger partial charge is 0.493 e. The minimum absolute atomic E-state index is 0.131. The normalized spacial score (nSPS) is 10.8. The summed E-state index contributed by atoms with van der Waals surface area (Å²) in [6.07, 6.45) is 0.682. The molecule has 0 saturated heterocycles. The first-order chi connectivity index (χ1) is 14.1. The van der Waals surface area contributed by atoms with Crippen LogP contribution in [-0.4, -0.2) is 53.0 Å². The lowest BCUT2D eigenvalue weighted by Crippen LogP contribution is -2.23. The Hall–Kier alpha value is -3.36. The maximum absolute atomic E-state index is 12.4. The second-order valence-corrected chi connectivity index (χ2v) is 6.37. The Kier molecular flexibility index (Phi) is 6.48. The van der Waals surface area contributed by atoms with Crippen LogP contribution in [0.4, 0.5) is 11.5 Å². The maximum Gasteiger partial charge on any atom is 0.224 e. The van der Waals surface area contributed by atoms with E-state index in [1.807, 2.05) is 12.1 Å². The van der Waals surface area contributed by atoms with E-state index in [0.29, 0.717) is 35.1 Å². The Labute approximate surface area is 169 Å². The Bertz CT molecular complexity index is 984. The predicted octanol–water partition coefficient (Wildman–Crippen LogP) is 2.56. The fourth-order valence-corrected chi connectivity index (χ4v) is 3.06. The van der Waals surface area contributed by atoms with Crippen molar-refractivity contribution in [2.45, 2.75) is 26.7 Å². The van der Waals surface area contributed by atoms with E-state index in [1.165, 1.54) is 0 Å². The van der Waals surface area contributed by atoms with Gasteiger partial charge in [0.2, 0.25) is 5.91 Å². The molecule has 2 heterocycles. The Morgan fingerprint density at radius 2 is 1.83 bits per heavy atom. The first-order valence-electron chi connectivity index (χ1n) is 9.57. The van der Waals surface area contributed by atoms with E-state index >= 15 is 0 Å². The highest BCUT2D eigenvalue weighted by molar-refractivity contribution is 5.91. The van der Waals surface area contributed by atoms with E-state index < -0.39 is 0 Å². The summed E-state index contributed by atoms with van der Waals surface area (Å²) in [7, 11) is 3.12. The van der Waals surface area contributed by atoms with E-state index in [2.05, 4.69) is 39.4 Å². The number of methoxy groups -OCH3 is 2. The second-order valence-electron chi connectivity index (χ2n) is 6.37. The SMILES string of the molecule is CCN(CC)c1ccc2nnc(CCC(=O)Nc3ccc(OC)c(OC)c3)n2n1. The molecule has 29 heavy (non-hydrogen) atoms. The number of hydrogen-bond acceptors (Lipinski definition) is 7. The van der Waals surface area contributed by atoms with E-state index in [0.717, 1.165) is 18.9 Å². The van der Waals surface area contributed by atoms with Crippen LogP contribution in [0.3, 0.4) is 0 Å². The highest BCUT2D eigenvalue weighted by atomic mass is 16.5. The van der Waals surface area contributed by atoms with Crippen LogP contribution in [0.2, 0.25) is 0 Å². The van der Waals surface area contributed by atoms with Gasteiger partial charge in [-0.2, -0.15) is 4.52 Å². The highest BCUT2D eigenvalue weighted by Gasteiger charge is 2.13. The Morgan fingerprint density at radius 1 is 1.07 bits per heavy atom. The summed E-state index contributed by atoms with van der Waals surface area (Å²) in [5.74, 6) is 2.54. The van der Waals surface area contributed by atoms with Crippen LogP contribution in [0.5, 0.6) is 11.5 Å². The standard InChI is InChI=1S/C20H26N6O3/c1-5-25(6-2)19-10-9-17-22-23-18(26(17)24-19)11-12-20(27)21-14-7-8-15(28-3)16(13-14)29-4/h7-10,13H,5-6,11-12H2,1-4H3,(H,21,27). The molecule has 0 aliphatic rings. The number of ether oxygens (including phenoxy) is 2. The van der Waals surface area contributed by atoms with Gasteiger partial charge in [-0.1, -0.05) is 0 Å². The average molecular weight is 398 g/mol. The van der Waals surface area contributed by atoms with Crippen molar-refractivity contribution in [3.63, 3.8) is 0 Å². The number of hydrogen-bond donors (Lipinski definition) is 1. The molecule has 154 valence electrons. The molecule has 9 nitrogen and oxygen atoms in total. The number of rotatable bonds is 9. The molecule has 0 unspecified atom stereocenters. The van der Waals surface area contributed by atoms with Crippen LogP contribution in [0, 0.1) is 0 Å². The fraction of sp³-hybridized carbons (Fsp3) is 0.400. The van der Waals surface area contributed by atoms with Crippen molar-refractivity contribution in [1.29, 1.82) is 0 Å². The molecule has 0 aliphatic heterocycles. The minimum Gasteiger partial charge on any atom is -0.493 e. The summed E-state index contributed by atoms with van der Waals surface area (Å²) >= 11 is 0. The summed E-state index contributed by atoms with van der Waals surface area (Å²) in [6, 6.07) is 9.06. The lowest BCUT2D eigenvalue weighted by Gasteiger charge is -2.19. The molecule has 3 rings (SSSR count). The third kappa shape index (κ3) is 4.56. The number of carbonyl (C=O) groups is 1. The topological polar surface area (TPSA) is 93.9 Å². The van der Waals surface area contributed by atoms with Crippen LogP contribution in [0.1, 0.15) is 26.1 Å². The molecule has 9 heteroatoms. The summed E-state index contributed by atoms with van der Waals surface area (Å²) in [4.78, 5) is 14.5. The van der Waals surface area contributed by atoms with Crippen molar-refractivity contribution in [3.05, 3.63) is 36.2 Å². The van der Waals surface area contributed by atoms with Gasteiger partial charge in [0.15, 0.2) is 23.0 Å². The summed E-state index contributed by atoms with van der Waals surface area (Å²) < 4.78 is 12.2. The zero-order chi connectivity index (χ0) is 20.8. The fourth-order valence-electron chi connectivity index (χ4n) is 3.06. The van der Waals surface area contributed by atoms with E-state index in [1.54, 1.807) is 36.9 Å². The van der Waals surface area contributed by atoms with Crippen molar-refractivity contribution < 1.29 is 14.3 Å². The van der Waals surface area contributed by atoms with Gasteiger partial charge in [0.1, 0.15) is 5.82 Å². The number of nitrogens with zero attached hydrogens (tertiary/aromatic N) is 5. The molecule has 0 fully saturated rings.